The van der Waals surface area contributed by atoms with E-state index in [0.717, 1.165) is 96.7 Å². The summed E-state index contributed by atoms with van der Waals surface area (Å²) in [5.41, 5.74) is 0. The van der Waals surface area contributed by atoms with Crippen LogP contribution < -0.4 is 18.9 Å². The lowest BCUT2D eigenvalue weighted by Crippen LogP contribution is -2.04. The van der Waals surface area contributed by atoms with Gasteiger partial charge in [-0.3, -0.25) is 0 Å². The van der Waals surface area contributed by atoms with E-state index in [9.17, 15) is 0 Å². The molecule has 0 atom stereocenters. The molecule has 0 aliphatic rings. The lowest BCUT2D eigenvalue weighted by molar-refractivity contribution is 0.300. The molecule has 0 fully saturated rings. The Kier molecular flexibility index (Phi) is 39.7. The van der Waals surface area contributed by atoms with Crippen molar-refractivity contribution in [3.8, 4) is 23.0 Å². The van der Waals surface area contributed by atoms with E-state index >= 15 is 0 Å². The van der Waals surface area contributed by atoms with Crippen molar-refractivity contribution in [2.75, 3.05) is 26.4 Å². The zero-order chi connectivity index (χ0) is 49.6. The maximum atomic E-state index is 6.92. The number of benzene rings is 3. The van der Waals surface area contributed by atoms with Crippen LogP contribution in [0.4, 0.5) is 0 Å². The third-order valence-electron chi connectivity index (χ3n) is 15.0. The molecule has 3 aromatic rings. The van der Waals surface area contributed by atoms with Crippen molar-refractivity contribution in [1.82, 2.24) is 0 Å². The highest BCUT2D eigenvalue weighted by molar-refractivity contribution is 6.11. The summed E-state index contributed by atoms with van der Waals surface area (Å²) >= 11 is 0. The second-order valence-corrected chi connectivity index (χ2v) is 21.6. The topological polar surface area (TPSA) is 36.9 Å². The van der Waals surface area contributed by atoms with Crippen molar-refractivity contribution in [2.24, 2.45) is 0 Å². The van der Waals surface area contributed by atoms with Gasteiger partial charge in [-0.1, -0.05) is 285 Å². The molecular weight excluding hydrogens is 857 g/mol. The number of unbranched alkanes of at least 4 members (excludes halogenated alkanes) is 40. The Balaban J connectivity index is 1.70. The third kappa shape index (κ3) is 29.8. The average Bonchev–Trinajstić information content (AvgIpc) is 3.37. The van der Waals surface area contributed by atoms with E-state index in [1.165, 1.54) is 257 Å². The van der Waals surface area contributed by atoms with E-state index in [4.69, 9.17) is 18.9 Å². The van der Waals surface area contributed by atoms with Gasteiger partial charge in [0.15, 0.2) is 0 Å². The first-order valence-electron chi connectivity index (χ1n) is 31.3. The molecular formula is C66H114O4. The fourth-order valence-electron chi connectivity index (χ4n) is 10.4. The molecule has 0 saturated carbocycles. The molecule has 402 valence electrons. The van der Waals surface area contributed by atoms with Crippen LogP contribution >= 0.6 is 0 Å². The van der Waals surface area contributed by atoms with Gasteiger partial charge in [-0.15, -0.1) is 0 Å². The first-order chi connectivity index (χ1) is 34.7. The molecule has 0 heterocycles. The zero-order valence-corrected chi connectivity index (χ0v) is 47.0. The van der Waals surface area contributed by atoms with Crippen LogP contribution in [-0.2, 0) is 0 Å². The zero-order valence-electron chi connectivity index (χ0n) is 47.0. The Morgan fingerprint density at radius 2 is 0.414 bits per heavy atom. The van der Waals surface area contributed by atoms with Gasteiger partial charge < -0.3 is 18.9 Å². The smallest absolute Gasteiger partial charge is 0.135 e. The minimum Gasteiger partial charge on any atom is -0.494 e. The molecule has 4 heteroatoms. The molecule has 4 nitrogen and oxygen atoms in total. The summed E-state index contributed by atoms with van der Waals surface area (Å²) in [7, 11) is 0. The molecule has 0 bridgehead atoms. The monoisotopic (exact) mass is 971 g/mol. The number of hydrogen-bond acceptors (Lipinski definition) is 4. The van der Waals surface area contributed by atoms with Gasteiger partial charge in [0, 0.05) is 21.5 Å². The van der Waals surface area contributed by atoms with Gasteiger partial charge in [0.2, 0.25) is 0 Å². The highest BCUT2D eigenvalue weighted by atomic mass is 16.5. The van der Waals surface area contributed by atoms with Crippen molar-refractivity contribution in [1.29, 1.82) is 0 Å². The molecule has 0 aliphatic carbocycles. The Hall–Kier alpha value is -2.62. The highest BCUT2D eigenvalue weighted by Gasteiger charge is 2.19. The second kappa shape index (κ2) is 45.0. The normalized spacial score (nSPS) is 11.6. The summed E-state index contributed by atoms with van der Waals surface area (Å²) in [5.74, 6) is 3.80. The van der Waals surface area contributed by atoms with Gasteiger partial charge in [-0.2, -0.15) is 0 Å². The molecule has 0 amide bonds. The predicted molar refractivity (Wildman–Crippen MR) is 309 cm³/mol. The largest absolute Gasteiger partial charge is 0.494 e. The number of ether oxygens (including phenoxy) is 4. The van der Waals surface area contributed by atoms with E-state index in [-0.39, 0.29) is 0 Å². The van der Waals surface area contributed by atoms with Crippen molar-refractivity contribution < 1.29 is 18.9 Å². The van der Waals surface area contributed by atoms with Gasteiger partial charge in [0.05, 0.1) is 26.4 Å². The fraction of sp³-hybridized carbons (Fsp3) is 0.788. The second-order valence-electron chi connectivity index (χ2n) is 21.6. The quantitative estimate of drug-likeness (QED) is 0.0417. The average molecular weight is 972 g/mol. The Bertz CT molecular complexity index is 1500. The van der Waals surface area contributed by atoms with Crippen molar-refractivity contribution >= 4 is 21.5 Å². The van der Waals surface area contributed by atoms with Crippen LogP contribution in [0.5, 0.6) is 23.0 Å². The number of rotatable bonds is 52. The van der Waals surface area contributed by atoms with E-state index in [2.05, 4.69) is 64.1 Å². The highest BCUT2D eigenvalue weighted by Crippen LogP contribution is 2.45. The summed E-state index contributed by atoms with van der Waals surface area (Å²) in [6.07, 6.45) is 58.7. The predicted octanol–water partition coefficient (Wildman–Crippen LogP) is 22.8. The van der Waals surface area contributed by atoms with E-state index in [0.29, 0.717) is 0 Å². The SMILES string of the molecule is CCCCCCCCCCCCCOc1ccc2c(OCCCCCCCCCCCCC)c3cc(OCCCCCCCCCCCCC)ccc3c(OCCCCCCCCCCCCC)c2c1. The molecule has 70 heavy (non-hydrogen) atoms. The van der Waals surface area contributed by atoms with E-state index in [1.807, 2.05) is 0 Å². The van der Waals surface area contributed by atoms with Crippen LogP contribution in [0.2, 0.25) is 0 Å². The van der Waals surface area contributed by atoms with Crippen LogP contribution in [0.25, 0.3) is 21.5 Å². The third-order valence-corrected chi connectivity index (χ3v) is 15.0. The van der Waals surface area contributed by atoms with Crippen LogP contribution in [-0.4, -0.2) is 26.4 Å². The lowest BCUT2D eigenvalue weighted by Gasteiger charge is -2.20. The van der Waals surface area contributed by atoms with Gasteiger partial charge in [0.25, 0.3) is 0 Å². The first-order valence-corrected chi connectivity index (χ1v) is 31.3. The Labute approximate surface area is 434 Å². The molecule has 0 aliphatic heterocycles. The molecule has 0 radical (unpaired) electrons. The van der Waals surface area contributed by atoms with Crippen molar-refractivity contribution in [3.63, 3.8) is 0 Å². The number of hydrogen-bond donors (Lipinski definition) is 0. The van der Waals surface area contributed by atoms with Crippen molar-refractivity contribution in [3.05, 3.63) is 36.4 Å². The van der Waals surface area contributed by atoms with Gasteiger partial charge in [0.1, 0.15) is 23.0 Å². The summed E-state index contributed by atoms with van der Waals surface area (Å²) < 4.78 is 26.9. The molecule has 0 unspecified atom stereocenters. The minimum absolute atomic E-state index is 0.723. The maximum absolute atomic E-state index is 6.92. The molecule has 3 aromatic carbocycles. The Morgan fingerprint density at radius 1 is 0.214 bits per heavy atom. The molecule has 0 spiro atoms. The van der Waals surface area contributed by atoms with Crippen LogP contribution in [0.15, 0.2) is 36.4 Å². The summed E-state index contributed by atoms with van der Waals surface area (Å²) in [5, 5.41) is 4.45. The molecule has 0 aromatic heterocycles. The van der Waals surface area contributed by atoms with Gasteiger partial charge in [-0.25, -0.2) is 0 Å². The van der Waals surface area contributed by atoms with E-state index in [1.54, 1.807) is 0 Å². The molecule has 3 rings (SSSR count). The van der Waals surface area contributed by atoms with Crippen molar-refractivity contribution in [2.45, 2.75) is 310 Å². The van der Waals surface area contributed by atoms with Gasteiger partial charge in [-0.05, 0) is 62.1 Å². The maximum Gasteiger partial charge on any atom is 0.135 e. The fourth-order valence-corrected chi connectivity index (χ4v) is 10.4. The van der Waals surface area contributed by atoms with Crippen LogP contribution in [0.3, 0.4) is 0 Å². The minimum atomic E-state index is 0.723. The standard InChI is InChI=1S/C66H114O4/c1-5-9-13-17-21-25-29-33-37-41-45-53-67-59-49-51-61-63(57-59)65(69-55-47-43-39-35-31-27-23-19-15-11-7-3)62-52-50-60(68-54-46-42-38-34-30-26-22-18-14-10-6-2)58-64(62)66(61)70-56-48-44-40-36-32-28-24-20-16-12-8-4/h49-52,57-58H,5-48,53-56H2,1-4H3. The van der Waals surface area contributed by atoms with Crippen LogP contribution in [0, 0.1) is 0 Å². The molecule has 0 saturated heterocycles. The summed E-state index contributed by atoms with van der Waals surface area (Å²) in [4.78, 5) is 0. The molecule has 0 N–H and O–H groups in total. The summed E-state index contributed by atoms with van der Waals surface area (Å²) in [6, 6.07) is 13.3. The van der Waals surface area contributed by atoms with E-state index < -0.39 is 0 Å². The number of fused-ring (bicyclic) bond motifs is 2. The summed E-state index contributed by atoms with van der Waals surface area (Å²) in [6.45, 7) is 12.2. The van der Waals surface area contributed by atoms with Gasteiger partial charge >= 0.3 is 0 Å². The Morgan fingerprint density at radius 3 is 0.643 bits per heavy atom. The van der Waals surface area contributed by atoms with Crippen LogP contribution in [0.1, 0.15) is 310 Å². The first kappa shape index (κ1) is 61.7. The lowest BCUT2D eigenvalue weighted by atomic mass is 9.99.